The van der Waals surface area contributed by atoms with Gasteiger partial charge >= 0.3 is 0 Å². The number of hydrogen-bond donors (Lipinski definition) is 1. The fourth-order valence-corrected chi connectivity index (χ4v) is 1.55. The Morgan fingerprint density at radius 1 is 1.54 bits per heavy atom. The predicted molar refractivity (Wildman–Crippen MR) is 50.8 cm³/mol. The Labute approximate surface area is 78.1 Å². The molecule has 0 amide bonds. The third-order valence-electron chi connectivity index (χ3n) is 2.19. The van der Waals surface area contributed by atoms with Crippen LogP contribution in [0.3, 0.4) is 0 Å². The van der Waals surface area contributed by atoms with Crippen LogP contribution in [0, 0.1) is 0 Å². The van der Waals surface area contributed by atoms with Gasteiger partial charge in [0.25, 0.3) is 0 Å². The molecule has 1 aromatic heterocycles. The van der Waals surface area contributed by atoms with Gasteiger partial charge in [0.2, 0.25) is 5.88 Å². The highest BCUT2D eigenvalue weighted by molar-refractivity contribution is 5.27. The van der Waals surface area contributed by atoms with Crippen LogP contribution in [0.25, 0.3) is 0 Å². The van der Waals surface area contributed by atoms with E-state index in [1.807, 2.05) is 13.0 Å². The minimum Gasteiger partial charge on any atom is -0.478 e. The van der Waals surface area contributed by atoms with Gasteiger partial charge in [0.15, 0.2) is 0 Å². The summed E-state index contributed by atoms with van der Waals surface area (Å²) >= 11 is 0. The molecule has 1 aliphatic rings. The quantitative estimate of drug-likeness (QED) is 0.737. The Morgan fingerprint density at radius 2 is 2.46 bits per heavy atom. The van der Waals surface area contributed by atoms with Crippen LogP contribution in [-0.2, 0) is 13.0 Å². The van der Waals surface area contributed by atoms with Crippen molar-refractivity contribution in [3.8, 4) is 5.88 Å². The van der Waals surface area contributed by atoms with Crippen LogP contribution >= 0.6 is 0 Å². The van der Waals surface area contributed by atoms with Gasteiger partial charge in [0.05, 0.1) is 12.3 Å². The molecule has 1 N–H and O–H groups in total. The zero-order chi connectivity index (χ0) is 9.10. The molecule has 0 radical (unpaired) electrons. The predicted octanol–water partition coefficient (Wildman–Crippen LogP) is 1.13. The molecule has 1 aromatic rings. The molecule has 2 rings (SSSR count). The molecule has 70 valence electrons. The van der Waals surface area contributed by atoms with Crippen LogP contribution in [0.4, 0.5) is 0 Å². The van der Waals surface area contributed by atoms with E-state index in [1.165, 1.54) is 11.3 Å². The molecule has 0 aliphatic carbocycles. The average molecular weight is 178 g/mol. The number of hydrogen-bond acceptors (Lipinski definition) is 3. The minimum atomic E-state index is 0.685. The van der Waals surface area contributed by atoms with Gasteiger partial charge in [0, 0.05) is 25.6 Å². The molecule has 0 spiro atoms. The van der Waals surface area contributed by atoms with Crippen molar-refractivity contribution in [2.75, 3.05) is 13.2 Å². The van der Waals surface area contributed by atoms with Crippen molar-refractivity contribution >= 4 is 0 Å². The monoisotopic (exact) mass is 178 g/mol. The molecule has 0 bridgehead atoms. The van der Waals surface area contributed by atoms with E-state index in [1.54, 1.807) is 0 Å². The van der Waals surface area contributed by atoms with E-state index in [0.717, 1.165) is 25.4 Å². The van der Waals surface area contributed by atoms with Crippen LogP contribution in [0.1, 0.15) is 18.2 Å². The third-order valence-corrected chi connectivity index (χ3v) is 2.19. The van der Waals surface area contributed by atoms with Crippen molar-refractivity contribution in [2.45, 2.75) is 19.9 Å². The highest BCUT2D eigenvalue weighted by Gasteiger charge is 2.10. The molecule has 1 aliphatic heterocycles. The van der Waals surface area contributed by atoms with Gasteiger partial charge < -0.3 is 10.1 Å². The van der Waals surface area contributed by atoms with Gasteiger partial charge in [-0.3, -0.25) is 0 Å². The van der Waals surface area contributed by atoms with Gasteiger partial charge in [-0.2, -0.15) is 0 Å². The van der Waals surface area contributed by atoms with Gasteiger partial charge in [-0.15, -0.1) is 0 Å². The molecule has 0 saturated carbocycles. The summed E-state index contributed by atoms with van der Waals surface area (Å²) in [5.41, 5.74) is 2.49. The third kappa shape index (κ3) is 1.80. The summed E-state index contributed by atoms with van der Waals surface area (Å²) in [7, 11) is 0. The summed E-state index contributed by atoms with van der Waals surface area (Å²) in [6.45, 7) is 4.62. The van der Waals surface area contributed by atoms with Crippen molar-refractivity contribution in [3.05, 3.63) is 23.4 Å². The lowest BCUT2D eigenvalue weighted by atomic mass is 10.1. The Morgan fingerprint density at radius 3 is 3.31 bits per heavy atom. The number of fused-ring (bicyclic) bond motifs is 1. The van der Waals surface area contributed by atoms with E-state index in [-0.39, 0.29) is 0 Å². The smallest absolute Gasteiger partial charge is 0.213 e. The summed E-state index contributed by atoms with van der Waals surface area (Å²) in [4.78, 5) is 4.44. The molecule has 0 fully saturated rings. The van der Waals surface area contributed by atoms with Crippen LogP contribution in [0.5, 0.6) is 5.88 Å². The molecule has 3 nitrogen and oxygen atoms in total. The molecular weight excluding hydrogens is 164 g/mol. The Balaban J connectivity index is 2.24. The maximum atomic E-state index is 5.34. The zero-order valence-electron chi connectivity index (χ0n) is 7.84. The second kappa shape index (κ2) is 3.75. The standard InChI is InChI=1S/C10H14N2O/c1-2-13-10-4-3-8-7-11-6-5-9(8)12-10/h3-4,11H,2,5-7H2,1H3. The van der Waals surface area contributed by atoms with Gasteiger partial charge in [0.1, 0.15) is 0 Å². The molecule has 0 atom stereocenters. The van der Waals surface area contributed by atoms with E-state index >= 15 is 0 Å². The SMILES string of the molecule is CCOc1ccc2c(n1)CCNC2. The fraction of sp³-hybridized carbons (Fsp3) is 0.500. The van der Waals surface area contributed by atoms with Gasteiger partial charge in [-0.05, 0) is 12.5 Å². The first-order valence-corrected chi connectivity index (χ1v) is 4.72. The highest BCUT2D eigenvalue weighted by Crippen LogP contribution is 2.15. The number of pyridine rings is 1. The minimum absolute atomic E-state index is 0.685. The molecule has 0 aromatic carbocycles. The van der Waals surface area contributed by atoms with E-state index in [9.17, 15) is 0 Å². The van der Waals surface area contributed by atoms with E-state index in [2.05, 4.69) is 16.4 Å². The lowest BCUT2D eigenvalue weighted by Crippen LogP contribution is -2.24. The molecule has 0 saturated heterocycles. The lowest BCUT2D eigenvalue weighted by molar-refractivity contribution is 0.325. The van der Waals surface area contributed by atoms with Gasteiger partial charge in [-0.25, -0.2) is 4.98 Å². The summed E-state index contributed by atoms with van der Waals surface area (Å²) in [5.74, 6) is 0.753. The van der Waals surface area contributed by atoms with Gasteiger partial charge in [-0.1, -0.05) is 6.07 Å². The first-order valence-electron chi connectivity index (χ1n) is 4.72. The first kappa shape index (κ1) is 8.51. The summed E-state index contributed by atoms with van der Waals surface area (Å²) in [6.07, 6.45) is 1.01. The van der Waals surface area contributed by atoms with E-state index in [0.29, 0.717) is 6.61 Å². The number of ether oxygens (including phenoxy) is 1. The number of nitrogens with one attached hydrogen (secondary N) is 1. The van der Waals surface area contributed by atoms with Crippen LogP contribution < -0.4 is 10.1 Å². The summed E-state index contributed by atoms with van der Waals surface area (Å²) in [6, 6.07) is 4.04. The Kier molecular flexibility index (Phi) is 2.45. The molecular formula is C10H14N2O. The number of aromatic nitrogens is 1. The van der Waals surface area contributed by atoms with Crippen LogP contribution in [0.2, 0.25) is 0 Å². The molecule has 2 heterocycles. The van der Waals surface area contributed by atoms with Crippen molar-refractivity contribution in [3.63, 3.8) is 0 Å². The van der Waals surface area contributed by atoms with Crippen molar-refractivity contribution in [1.29, 1.82) is 0 Å². The summed E-state index contributed by atoms with van der Waals surface area (Å²) in [5, 5.41) is 3.31. The average Bonchev–Trinajstić information content (AvgIpc) is 2.18. The van der Waals surface area contributed by atoms with Crippen molar-refractivity contribution < 1.29 is 4.74 Å². The normalized spacial score (nSPS) is 15.2. The number of nitrogens with zero attached hydrogens (tertiary/aromatic N) is 1. The van der Waals surface area contributed by atoms with Crippen molar-refractivity contribution in [2.24, 2.45) is 0 Å². The molecule has 13 heavy (non-hydrogen) atoms. The Bertz CT molecular complexity index is 299. The summed E-state index contributed by atoms with van der Waals surface area (Å²) < 4.78 is 5.34. The Hall–Kier alpha value is -1.09. The molecule has 3 heteroatoms. The van der Waals surface area contributed by atoms with Crippen LogP contribution in [0.15, 0.2) is 12.1 Å². The van der Waals surface area contributed by atoms with E-state index in [4.69, 9.17) is 4.74 Å². The molecule has 0 unspecified atom stereocenters. The number of rotatable bonds is 2. The van der Waals surface area contributed by atoms with Crippen LogP contribution in [-0.4, -0.2) is 18.1 Å². The van der Waals surface area contributed by atoms with E-state index < -0.39 is 0 Å². The zero-order valence-corrected chi connectivity index (χ0v) is 7.84. The fourth-order valence-electron chi connectivity index (χ4n) is 1.55. The largest absolute Gasteiger partial charge is 0.478 e. The maximum Gasteiger partial charge on any atom is 0.213 e. The van der Waals surface area contributed by atoms with Crippen molar-refractivity contribution in [1.82, 2.24) is 10.3 Å². The second-order valence-electron chi connectivity index (χ2n) is 3.12. The highest BCUT2D eigenvalue weighted by atomic mass is 16.5. The first-order chi connectivity index (χ1) is 6.40. The lowest BCUT2D eigenvalue weighted by Gasteiger charge is -2.16. The second-order valence-corrected chi connectivity index (χ2v) is 3.12. The topological polar surface area (TPSA) is 34.1 Å². The maximum absolute atomic E-state index is 5.34.